The third kappa shape index (κ3) is 2.36. The van der Waals surface area contributed by atoms with E-state index < -0.39 is 0 Å². The monoisotopic (exact) mass is 209 g/mol. The number of hydrogen-bond acceptors (Lipinski definition) is 4. The van der Waals surface area contributed by atoms with E-state index in [0.717, 1.165) is 31.6 Å². The highest BCUT2D eigenvalue weighted by Crippen LogP contribution is 2.24. The molecule has 1 aliphatic heterocycles. The molecule has 5 heteroatoms. The highest BCUT2D eigenvalue weighted by molar-refractivity contribution is 5.66. The van der Waals surface area contributed by atoms with Gasteiger partial charge in [-0.1, -0.05) is 4.85 Å². The summed E-state index contributed by atoms with van der Waals surface area (Å²) in [7, 11) is 0. The molecule has 2 rings (SSSR count). The molecule has 1 aromatic heterocycles. The van der Waals surface area contributed by atoms with Crippen LogP contribution in [0.5, 0.6) is 0 Å². The van der Waals surface area contributed by atoms with Crippen LogP contribution in [0.25, 0.3) is 0 Å². The van der Waals surface area contributed by atoms with Gasteiger partial charge in [0.05, 0.1) is 11.9 Å². The molecule has 0 amide bonds. The average Bonchev–Trinajstić information content (AvgIpc) is 2.66. The van der Waals surface area contributed by atoms with Gasteiger partial charge in [0.1, 0.15) is 0 Å². The maximum Gasteiger partial charge on any atom is 0.331 e. The van der Waals surface area contributed by atoms with Crippen LogP contribution in [0.4, 0.5) is 0 Å². The lowest BCUT2D eigenvalue weighted by molar-refractivity contribution is -0.143. The standard InChI is InChI=1S/C10H15N3O2/c1-8(14)15-13-10(4-7-12-13)9-2-5-11-6-3-9/h4,7,9,11H,2-3,5-6H2,1H3. The lowest BCUT2D eigenvalue weighted by atomic mass is 9.95. The second-order valence-electron chi connectivity index (χ2n) is 3.74. The fourth-order valence-electron chi connectivity index (χ4n) is 1.91. The molecule has 82 valence electrons. The Morgan fingerprint density at radius 1 is 1.60 bits per heavy atom. The summed E-state index contributed by atoms with van der Waals surface area (Å²) in [5, 5.41) is 7.28. The number of hydrogen-bond donors (Lipinski definition) is 1. The van der Waals surface area contributed by atoms with E-state index in [9.17, 15) is 4.79 Å². The van der Waals surface area contributed by atoms with Crippen molar-refractivity contribution in [2.75, 3.05) is 13.1 Å². The van der Waals surface area contributed by atoms with Crippen LogP contribution in [0.15, 0.2) is 12.3 Å². The molecule has 0 bridgehead atoms. The number of nitrogens with zero attached hydrogens (tertiary/aromatic N) is 2. The van der Waals surface area contributed by atoms with E-state index in [-0.39, 0.29) is 5.97 Å². The molecule has 0 unspecified atom stereocenters. The first-order valence-electron chi connectivity index (χ1n) is 5.21. The Bertz CT molecular complexity index is 342. The molecule has 2 heterocycles. The summed E-state index contributed by atoms with van der Waals surface area (Å²) in [5.74, 6) is 0.0991. The Balaban J connectivity index is 2.12. The molecule has 0 aromatic carbocycles. The van der Waals surface area contributed by atoms with Gasteiger partial charge >= 0.3 is 5.97 Å². The van der Waals surface area contributed by atoms with Crippen LogP contribution in [-0.4, -0.2) is 29.0 Å². The van der Waals surface area contributed by atoms with Gasteiger partial charge in [-0.3, -0.25) is 0 Å². The minimum Gasteiger partial charge on any atom is -0.319 e. The predicted octanol–water partition coefficient (Wildman–Crippen LogP) is 0.325. The second kappa shape index (κ2) is 4.44. The van der Waals surface area contributed by atoms with Crippen LogP contribution in [0.2, 0.25) is 0 Å². The zero-order chi connectivity index (χ0) is 10.7. The van der Waals surface area contributed by atoms with Crippen molar-refractivity contribution in [3.8, 4) is 0 Å². The molecule has 1 aromatic rings. The van der Waals surface area contributed by atoms with Crippen molar-refractivity contribution in [1.82, 2.24) is 15.3 Å². The first-order chi connectivity index (χ1) is 7.27. The van der Waals surface area contributed by atoms with Crippen LogP contribution >= 0.6 is 0 Å². The maximum atomic E-state index is 10.9. The summed E-state index contributed by atoms with van der Waals surface area (Å²) in [6.07, 6.45) is 3.79. The van der Waals surface area contributed by atoms with E-state index in [1.807, 2.05) is 6.07 Å². The number of carbonyl (C=O) groups excluding carboxylic acids is 1. The van der Waals surface area contributed by atoms with E-state index in [2.05, 4.69) is 10.4 Å². The average molecular weight is 209 g/mol. The Labute approximate surface area is 88.4 Å². The van der Waals surface area contributed by atoms with Gasteiger partial charge < -0.3 is 10.2 Å². The number of piperidine rings is 1. The molecule has 5 nitrogen and oxygen atoms in total. The first-order valence-corrected chi connectivity index (χ1v) is 5.21. The minimum atomic E-state index is -0.339. The van der Waals surface area contributed by atoms with Crippen molar-refractivity contribution in [3.05, 3.63) is 18.0 Å². The third-order valence-electron chi connectivity index (χ3n) is 2.61. The minimum absolute atomic E-state index is 0.339. The van der Waals surface area contributed by atoms with Crippen LogP contribution < -0.4 is 10.2 Å². The van der Waals surface area contributed by atoms with Crippen molar-refractivity contribution in [2.45, 2.75) is 25.7 Å². The lowest BCUT2D eigenvalue weighted by Gasteiger charge is -2.22. The molecular weight excluding hydrogens is 194 g/mol. The summed E-state index contributed by atoms with van der Waals surface area (Å²) in [4.78, 5) is 17.2. The summed E-state index contributed by atoms with van der Waals surface area (Å²) >= 11 is 0. The molecular formula is C10H15N3O2. The van der Waals surface area contributed by atoms with Crippen molar-refractivity contribution >= 4 is 5.97 Å². The zero-order valence-corrected chi connectivity index (χ0v) is 8.77. The summed E-state index contributed by atoms with van der Waals surface area (Å²) in [6, 6.07) is 1.92. The summed E-state index contributed by atoms with van der Waals surface area (Å²) in [6.45, 7) is 3.40. The SMILES string of the molecule is CC(=O)On1nccc1C1CCNCC1. The largest absolute Gasteiger partial charge is 0.331 e. The summed E-state index contributed by atoms with van der Waals surface area (Å²) in [5.41, 5.74) is 0.992. The maximum absolute atomic E-state index is 10.9. The molecule has 15 heavy (non-hydrogen) atoms. The molecule has 1 N–H and O–H groups in total. The molecule has 0 aliphatic carbocycles. The van der Waals surface area contributed by atoms with Gasteiger partial charge in [-0.25, -0.2) is 4.79 Å². The third-order valence-corrected chi connectivity index (χ3v) is 2.61. The number of carbonyl (C=O) groups is 1. The number of nitrogens with one attached hydrogen (secondary N) is 1. The van der Waals surface area contributed by atoms with Gasteiger partial charge in [0.2, 0.25) is 0 Å². The number of rotatable bonds is 2. The van der Waals surface area contributed by atoms with Gasteiger partial charge in [0.25, 0.3) is 0 Å². The molecule has 1 fully saturated rings. The second-order valence-corrected chi connectivity index (χ2v) is 3.74. The van der Waals surface area contributed by atoms with Crippen LogP contribution in [0.1, 0.15) is 31.4 Å². The van der Waals surface area contributed by atoms with Gasteiger partial charge in [-0.05, 0) is 32.0 Å². The molecule has 0 atom stereocenters. The number of aromatic nitrogens is 2. The molecule has 1 saturated heterocycles. The quantitative estimate of drug-likeness (QED) is 0.762. The fourth-order valence-corrected chi connectivity index (χ4v) is 1.91. The van der Waals surface area contributed by atoms with Gasteiger partial charge in [0.15, 0.2) is 0 Å². The summed E-state index contributed by atoms with van der Waals surface area (Å²) < 4.78 is 0. The molecule has 1 aliphatic rings. The van der Waals surface area contributed by atoms with Crippen molar-refractivity contribution in [1.29, 1.82) is 0 Å². The Kier molecular flexibility index (Phi) is 3.01. The molecule has 0 saturated carbocycles. The van der Waals surface area contributed by atoms with E-state index in [1.165, 1.54) is 11.8 Å². The van der Waals surface area contributed by atoms with Crippen LogP contribution in [0, 0.1) is 0 Å². The van der Waals surface area contributed by atoms with E-state index in [4.69, 9.17) is 4.84 Å². The van der Waals surface area contributed by atoms with E-state index in [0.29, 0.717) is 5.92 Å². The van der Waals surface area contributed by atoms with Crippen molar-refractivity contribution in [3.63, 3.8) is 0 Å². The van der Waals surface area contributed by atoms with Gasteiger partial charge in [0, 0.05) is 12.8 Å². The molecule has 0 spiro atoms. The predicted molar refractivity (Wildman–Crippen MR) is 54.3 cm³/mol. The van der Waals surface area contributed by atoms with E-state index >= 15 is 0 Å². The fraction of sp³-hybridized carbons (Fsp3) is 0.600. The molecule has 0 radical (unpaired) electrons. The topological polar surface area (TPSA) is 56.2 Å². The van der Waals surface area contributed by atoms with Crippen molar-refractivity contribution < 1.29 is 9.63 Å². The highest BCUT2D eigenvalue weighted by atomic mass is 16.7. The van der Waals surface area contributed by atoms with Gasteiger partial charge in [-0.15, -0.1) is 5.10 Å². The van der Waals surface area contributed by atoms with E-state index in [1.54, 1.807) is 6.20 Å². The Morgan fingerprint density at radius 3 is 3.00 bits per heavy atom. The zero-order valence-electron chi connectivity index (χ0n) is 8.77. The Morgan fingerprint density at radius 2 is 2.33 bits per heavy atom. The Hall–Kier alpha value is -1.36. The lowest BCUT2D eigenvalue weighted by Crippen LogP contribution is -2.29. The van der Waals surface area contributed by atoms with Gasteiger partial charge in [-0.2, -0.15) is 0 Å². The highest BCUT2D eigenvalue weighted by Gasteiger charge is 2.20. The van der Waals surface area contributed by atoms with Crippen LogP contribution in [0.3, 0.4) is 0 Å². The smallest absolute Gasteiger partial charge is 0.319 e. The first kappa shape index (κ1) is 10.2. The normalized spacial score (nSPS) is 17.7. The van der Waals surface area contributed by atoms with Crippen LogP contribution in [-0.2, 0) is 4.79 Å². The van der Waals surface area contributed by atoms with Crippen molar-refractivity contribution in [2.24, 2.45) is 0 Å².